The Kier molecular flexibility index (Phi) is 8.30. The van der Waals surface area contributed by atoms with Crippen molar-refractivity contribution in [1.82, 2.24) is 10.2 Å². The molecule has 2 N–H and O–H groups in total. The van der Waals surface area contributed by atoms with Crippen LogP contribution in [0.4, 0.5) is 5.69 Å². The first-order valence-corrected chi connectivity index (χ1v) is 12.4. The summed E-state index contributed by atoms with van der Waals surface area (Å²) >= 11 is 0. The van der Waals surface area contributed by atoms with Crippen LogP contribution < -0.4 is 10.6 Å². The lowest BCUT2D eigenvalue weighted by Gasteiger charge is -2.24. The molecule has 1 aliphatic rings. The average Bonchev–Trinajstić information content (AvgIpc) is 3.18. The molecule has 0 bridgehead atoms. The predicted molar refractivity (Wildman–Crippen MR) is 144 cm³/mol. The Labute approximate surface area is 225 Å². The summed E-state index contributed by atoms with van der Waals surface area (Å²) in [5.74, 6) is -2.69. The number of imide groups is 1. The van der Waals surface area contributed by atoms with Gasteiger partial charge in [0.15, 0.2) is 0 Å². The average molecular weight is 526 g/mol. The fourth-order valence-corrected chi connectivity index (χ4v) is 4.22. The highest BCUT2D eigenvalue weighted by Crippen LogP contribution is 2.27. The molecule has 3 aromatic rings. The van der Waals surface area contributed by atoms with Gasteiger partial charge in [-0.1, -0.05) is 54.6 Å². The third kappa shape index (κ3) is 6.27. The van der Waals surface area contributed by atoms with E-state index >= 15 is 0 Å². The van der Waals surface area contributed by atoms with E-state index in [4.69, 9.17) is 4.74 Å². The van der Waals surface area contributed by atoms with Crippen LogP contribution in [0.1, 0.15) is 45.7 Å². The van der Waals surface area contributed by atoms with E-state index in [2.05, 4.69) is 10.6 Å². The number of esters is 1. The Morgan fingerprint density at radius 2 is 1.46 bits per heavy atom. The van der Waals surface area contributed by atoms with Crippen LogP contribution in [0, 0.1) is 0 Å². The molecule has 0 spiro atoms. The maximum Gasteiger partial charge on any atom is 0.329 e. The fraction of sp³-hybridized carbons (Fsp3) is 0.167. The molecule has 9 nitrogen and oxygen atoms in total. The zero-order valence-corrected chi connectivity index (χ0v) is 21.5. The van der Waals surface area contributed by atoms with Crippen molar-refractivity contribution in [1.29, 1.82) is 0 Å². The number of rotatable bonds is 9. The minimum absolute atomic E-state index is 0.0313. The smallest absolute Gasteiger partial charge is 0.329 e. The van der Waals surface area contributed by atoms with Crippen LogP contribution in [0.15, 0.2) is 84.6 Å². The molecule has 4 amide bonds. The van der Waals surface area contributed by atoms with E-state index in [1.54, 1.807) is 73.7 Å². The molecule has 0 saturated heterocycles. The van der Waals surface area contributed by atoms with E-state index in [0.717, 1.165) is 10.5 Å². The van der Waals surface area contributed by atoms with Gasteiger partial charge >= 0.3 is 5.97 Å². The third-order valence-corrected chi connectivity index (χ3v) is 6.00. The highest BCUT2D eigenvalue weighted by molar-refractivity contribution is 6.22. The van der Waals surface area contributed by atoms with Crippen molar-refractivity contribution in [3.63, 3.8) is 0 Å². The molecule has 0 aromatic heterocycles. The SMILES string of the molecule is CCOC(=O)[C@@H](Cc1ccc(NC(=O)C(=Cc2ccccc2)NC(C)=O)cc1)N1C(=O)c2ccccc2C1=O. The Hall–Kier alpha value is -5.05. The van der Waals surface area contributed by atoms with Gasteiger partial charge in [0.05, 0.1) is 17.7 Å². The maximum atomic E-state index is 13.0. The minimum atomic E-state index is -1.15. The minimum Gasteiger partial charge on any atom is -0.464 e. The number of benzene rings is 3. The second kappa shape index (κ2) is 12.0. The highest BCUT2D eigenvalue weighted by atomic mass is 16.5. The maximum absolute atomic E-state index is 13.0. The van der Waals surface area contributed by atoms with Gasteiger partial charge in [-0.25, -0.2) is 4.79 Å². The van der Waals surface area contributed by atoms with E-state index in [1.165, 1.54) is 6.92 Å². The van der Waals surface area contributed by atoms with E-state index in [0.29, 0.717) is 11.3 Å². The monoisotopic (exact) mass is 525 g/mol. The van der Waals surface area contributed by atoms with E-state index in [9.17, 15) is 24.0 Å². The predicted octanol–water partition coefficient (Wildman–Crippen LogP) is 3.57. The van der Waals surface area contributed by atoms with Gasteiger partial charge in [0, 0.05) is 19.0 Å². The quantitative estimate of drug-likeness (QED) is 0.250. The number of nitrogens with zero attached hydrogens (tertiary/aromatic N) is 1. The summed E-state index contributed by atoms with van der Waals surface area (Å²) in [4.78, 5) is 64.4. The molecule has 198 valence electrons. The third-order valence-electron chi connectivity index (χ3n) is 6.00. The molecule has 4 rings (SSSR count). The van der Waals surface area contributed by atoms with Crippen molar-refractivity contribution in [3.05, 3.63) is 107 Å². The van der Waals surface area contributed by atoms with Gasteiger partial charge in [0.25, 0.3) is 17.7 Å². The van der Waals surface area contributed by atoms with Gasteiger partial charge in [0.2, 0.25) is 5.91 Å². The van der Waals surface area contributed by atoms with Gasteiger partial charge in [-0.3, -0.25) is 24.1 Å². The summed E-state index contributed by atoms with van der Waals surface area (Å²) < 4.78 is 5.18. The van der Waals surface area contributed by atoms with Crippen LogP contribution >= 0.6 is 0 Å². The molecular formula is C30H27N3O6. The first kappa shape index (κ1) is 27.0. The summed E-state index contributed by atoms with van der Waals surface area (Å²) in [5, 5.41) is 5.29. The number of carbonyl (C=O) groups excluding carboxylic acids is 5. The first-order chi connectivity index (χ1) is 18.8. The highest BCUT2D eigenvalue weighted by Gasteiger charge is 2.43. The molecule has 0 saturated carbocycles. The van der Waals surface area contributed by atoms with Gasteiger partial charge in [0.1, 0.15) is 11.7 Å². The number of ether oxygens (including phenoxy) is 1. The molecular weight excluding hydrogens is 498 g/mol. The normalized spacial score (nSPS) is 13.5. The Morgan fingerprint density at radius 1 is 0.872 bits per heavy atom. The Bertz CT molecular complexity index is 1410. The molecule has 0 aliphatic carbocycles. The van der Waals surface area contributed by atoms with Crippen LogP contribution in [0.3, 0.4) is 0 Å². The molecule has 1 aliphatic heterocycles. The summed E-state index contributed by atoms with van der Waals surface area (Å²) in [5.41, 5.74) is 2.39. The second-order valence-electron chi connectivity index (χ2n) is 8.80. The zero-order valence-electron chi connectivity index (χ0n) is 21.5. The van der Waals surface area contributed by atoms with Crippen LogP contribution in [0.25, 0.3) is 6.08 Å². The number of hydrogen-bond acceptors (Lipinski definition) is 6. The lowest BCUT2D eigenvalue weighted by atomic mass is 10.0. The van der Waals surface area contributed by atoms with Crippen LogP contribution in [-0.4, -0.2) is 47.1 Å². The van der Waals surface area contributed by atoms with Gasteiger partial charge in [-0.15, -0.1) is 0 Å². The number of anilines is 1. The topological polar surface area (TPSA) is 122 Å². The largest absolute Gasteiger partial charge is 0.464 e. The van der Waals surface area contributed by atoms with Crippen molar-refractivity contribution in [2.75, 3.05) is 11.9 Å². The van der Waals surface area contributed by atoms with Crippen LogP contribution in [0.2, 0.25) is 0 Å². The molecule has 39 heavy (non-hydrogen) atoms. The van der Waals surface area contributed by atoms with Crippen LogP contribution in [-0.2, 0) is 25.5 Å². The fourth-order valence-electron chi connectivity index (χ4n) is 4.22. The van der Waals surface area contributed by atoms with Gasteiger partial charge in [-0.2, -0.15) is 0 Å². The number of hydrogen-bond donors (Lipinski definition) is 2. The number of nitrogens with one attached hydrogen (secondary N) is 2. The van der Waals surface area contributed by atoms with Crippen molar-refractivity contribution in [3.8, 4) is 0 Å². The molecule has 3 aromatic carbocycles. The number of amides is 4. The van der Waals surface area contributed by atoms with E-state index in [1.807, 2.05) is 18.2 Å². The van der Waals surface area contributed by atoms with E-state index in [-0.39, 0.29) is 35.8 Å². The number of carbonyl (C=O) groups is 5. The molecule has 1 heterocycles. The molecule has 1 atom stereocenters. The van der Waals surface area contributed by atoms with Crippen LogP contribution in [0.5, 0.6) is 0 Å². The summed E-state index contributed by atoms with van der Waals surface area (Å²) in [6, 6.07) is 21.0. The van der Waals surface area contributed by atoms with Gasteiger partial charge in [-0.05, 0) is 48.4 Å². The van der Waals surface area contributed by atoms with Gasteiger partial charge < -0.3 is 15.4 Å². The standard InChI is InChI=1S/C30H27N3O6/c1-3-39-30(38)26(33-28(36)23-11-7-8-12-24(23)29(33)37)18-21-13-15-22(16-14-21)32-27(35)25(31-19(2)34)17-20-9-5-4-6-10-20/h4-17,26H,3,18H2,1-2H3,(H,31,34)(H,32,35)/t26-/m1/s1. The Balaban J connectivity index is 1.52. The lowest BCUT2D eigenvalue weighted by molar-refractivity contribution is -0.147. The first-order valence-electron chi connectivity index (χ1n) is 12.4. The van der Waals surface area contributed by atoms with E-state index < -0.39 is 29.7 Å². The molecule has 0 unspecified atom stereocenters. The lowest BCUT2D eigenvalue weighted by Crippen LogP contribution is -2.47. The second-order valence-corrected chi connectivity index (χ2v) is 8.80. The number of fused-ring (bicyclic) bond motifs is 1. The van der Waals surface area contributed by atoms with Crippen molar-refractivity contribution in [2.24, 2.45) is 0 Å². The summed E-state index contributed by atoms with van der Waals surface area (Å²) in [6.45, 7) is 3.06. The molecule has 9 heteroatoms. The zero-order chi connectivity index (χ0) is 27.9. The Morgan fingerprint density at radius 3 is 2.03 bits per heavy atom. The summed E-state index contributed by atoms with van der Waals surface area (Å²) in [7, 11) is 0. The van der Waals surface area contributed by atoms with Crippen molar-refractivity contribution >= 4 is 41.4 Å². The molecule has 0 fully saturated rings. The van der Waals surface area contributed by atoms with Crippen molar-refractivity contribution in [2.45, 2.75) is 26.3 Å². The molecule has 0 radical (unpaired) electrons. The van der Waals surface area contributed by atoms with Crippen molar-refractivity contribution < 1.29 is 28.7 Å². The summed E-state index contributed by atoms with van der Waals surface area (Å²) in [6.07, 6.45) is 1.60.